The van der Waals surface area contributed by atoms with Crippen LogP contribution in [0.4, 0.5) is 0 Å². The number of ketones is 1. The van der Waals surface area contributed by atoms with Crippen molar-refractivity contribution in [3.05, 3.63) is 70.3 Å². The van der Waals surface area contributed by atoms with Crippen molar-refractivity contribution in [2.45, 2.75) is 58.9 Å². The molecule has 0 aliphatic carbocycles. The smallest absolute Gasteiger partial charge is 0.295 e. The van der Waals surface area contributed by atoms with Gasteiger partial charge in [-0.3, -0.25) is 14.5 Å². The van der Waals surface area contributed by atoms with Gasteiger partial charge in [-0.2, -0.15) is 0 Å². The first-order valence-corrected chi connectivity index (χ1v) is 14.0. The number of hydrogen-bond donors (Lipinski definition) is 1. The molecule has 0 saturated carbocycles. The average molecular weight is 535 g/mol. The number of benzene rings is 2. The molecule has 0 aromatic heterocycles. The van der Waals surface area contributed by atoms with Crippen LogP contribution in [0.3, 0.4) is 0 Å². The summed E-state index contributed by atoms with van der Waals surface area (Å²) in [6.07, 6.45) is 1.62. The van der Waals surface area contributed by atoms with Gasteiger partial charge in [0.15, 0.2) is 0 Å². The Hall–Kier alpha value is -3.16. The summed E-state index contributed by atoms with van der Waals surface area (Å²) in [6.45, 7) is 15.4. The number of rotatable bonds is 9. The van der Waals surface area contributed by atoms with Gasteiger partial charge in [0.2, 0.25) is 0 Å². The predicted molar refractivity (Wildman–Crippen MR) is 153 cm³/mol. The van der Waals surface area contributed by atoms with Crippen molar-refractivity contribution in [1.82, 2.24) is 9.80 Å². The fraction of sp³-hybridized carbons (Fsp3) is 0.500. The number of carbonyl (C=O) groups is 2. The van der Waals surface area contributed by atoms with Crippen molar-refractivity contribution in [2.75, 3.05) is 46.0 Å². The number of aliphatic hydroxyl groups is 1. The number of nitrogens with zero attached hydrogens (tertiary/aromatic N) is 2. The van der Waals surface area contributed by atoms with E-state index in [-0.39, 0.29) is 16.7 Å². The molecular formula is C32H42N2O5. The largest absolute Gasteiger partial charge is 0.507 e. The number of likely N-dealkylation sites (tertiary alicyclic amines) is 1. The van der Waals surface area contributed by atoms with Crippen LogP contribution in [-0.2, 0) is 19.7 Å². The minimum absolute atomic E-state index is 0.0306. The van der Waals surface area contributed by atoms with Crippen LogP contribution in [0.15, 0.2) is 48.0 Å². The summed E-state index contributed by atoms with van der Waals surface area (Å²) in [5, 5.41) is 11.5. The fourth-order valence-electron chi connectivity index (χ4n) is 5.27. The molecule has 2 heterocycles. The van der Waals surface area contributed by atoms with Gasteiger partial charge in [-0.15, -0.1) is 0 Å². The van der Waals surface area contributed by atoms with Gasteiger partial charge in [-0.05, 0) is 60.1 Å². The van der Waals surface area contributed by atoms with Crippen molar-refractivity contribution in [2.24, 2.45) is 0 Å². The molecule has 39 heavy (non-hydrogen) atoms. The second kappa shape index (κ2) is 12.3. The molecule has 2 aromatic rings. The zero-order valence-corrected chi connectivity index (χ0v) is 24.0. The Morgan fingerprint density at radius 1 is 1.05 bits per heavy atom. The number of morpholine rings is 1. The molecule has 2 fully saturated rings. The maximum Gasteiger partial charge on any atom is 0.295 e. The van der Waals surface area contributed by atoms with E-state index in [0.717, 1.165) is 49.2 Å². The fourth-order valence-corrected chi connectivity index (χ4v) is 5.27. The molecule has 4 rings (SSSR count). The lowest BCUT2D eigenvalue weighted by atomic mass is 9.85. The minimum atomic E-state index is -0.654. The number of aliphatic hydroxyl groups excluding tert-OH is 1. The molecule has 2 aliphatic rings. The van der Waals surface area contributed by atoms with Gasteiger partial charge in [-0.25, -0.2) is 0 Å². The molecule has 7 nitrogen and oxygen atoms in total. The third-order valence-electron chi connectivity index (χ3n) is 7.54. The van der Waals surface area contributed by atoms with E-state index in [2.05, 4.69) is 25.7 Å². The molecule has 1 N–H and O–H groups in total. The lowest BCUT2D eigenvalue weighted by molar-refractivity contribution is -0.140. The van der Waals surface area contributed by atoms with E-state index in [0.29, 0.717) is 37.7 Å². The summed E-state index contributed by atoms with van der Waals surface area (Å²) in [6, 6.07) is 12.8. The molecule has 210 valence electrons. The summed E-state index contributed by atoms with van der Waals surface area (Å²) in [5.74, 6) is -0.643. The summed E-state index contributed by atoms with van der Waals surface area (Å²) >= 11 is 0. The third kappa shape index (κ3) is 6.53. The molecule has 2 saturated heterocycles. The third-order valence-corrected chi connectivity index (χ3v) is 7.54. The minimum Gasteiger partial charge on any atom is -0.507 e. The Bertz CT molecular complexity index is 1210. The lowest BCUT2D eigenvalue weighted by Gasteiger charge is -2.29. The average Bonchev–Trinajstić information content (AvgIpc) is 3.17. The number of amides is 1. The molecule has 2 aliphatic heterocycles. The molecule has 1 amide bonds. The Morgan fingerprint density at radius 2 is 1.74 bits per heavy atom. The van der Waals surface area contributed by atoms with Gasteiger partial charge in [0.1, 0.15) is 11.5 Å². The van der Waals surface area contributed by atoms with Gasteiger partial charge in [0.05, 0.1) is 31.4 Å². The van der Waals surface area contributed by atoms with E-state index < -0.39 is 17.7 Å². The summed E-state index contributed by atoms with van der Waals surface area (Å²) in [5.41, 5.74) is 3.39. The van der Waals surface area contributed by atoms with Crippen molar-refractivity contribution >= 4 is 17.4 Å². The van der Waals surface area contributed by atoms with Gasteiger partial charge in [0, 0.05) is 31.7 Å². The predicted octanol–water partition coefficient (Wildman–Crippen LogP) is 5.23. The quantitative estimate of drug-likeness (QED) is 0.270. The van der Waals surface area contributed by atoms with Crippen LogP contribution in [0, 0.1) is 6.92 Å². The molecule has 2 aromatic carbocycles. The number of ether oxygens (including phenoxy) is 2. The lowest BCUT2D eigenvalue weighted by Crippen LogP contribution is -2.39. The Labute approximate surface area is 232 Å². The highest BCUT2D eigenvalue weighted by molar-refractivity contribution is 6.46. The molecule has 0 bridgehead atoms. The van der Waals surface area contributed by atoms with Gasteiger partial charge in [0.25, 0.3) is 11.7 Å². The van der Waals surface area contributed by atoms with Crippen LogP contribution in [0.5, 0.6) is 5.75 Å². The molecule has 0 spiro atoms. The maximum atomic E-state index is 13.5. The normalized spacial score (nSPS) is 20.0. The first kappa shape index (κ1) is 28.8. The van der Waals surface area contributed by atoms with Crippen LogP contribution in [0.1, 0.15) is 68.8 Å². The summed E-state index contributed by atoms with van der Waals surface area (Å²) in [4.78, 5) is 30.8. The van der Waals surface area contributed by atoms with Crippen molar-refractivity contribution in [1.29, 1.82) is 0 Å². The number of Topliss-reactive ketones (excluding diaryl/α,β-unsaturated/α-hetero) is 1. The van der Waals surface area contributed by atoms with E-state index in [1.807, 2.05) is 44.2 Å². The first-order valence-electron chi connectivity index (χ1n) is 14.0. The number of aryl methyl sites for hydroxylation is 1. The second-order valence-corrected chi connectivity index (χ2v) is 11.5. The van der Waals surface area contributed by atoms with Gasteiger partial charge >= 0.3 is 0 Å². The monoisotopic (exact) mass is 534 g/mol. The Balaban J connectivity index is 1.70. The highest BCUT2D eigenvalue weighted by Crippen LogP contribution is 2.41. The highest BCUT2D eigenvalue weighted by Gasteiger charge is 2.46. The second-order valence-electron chi connectivity index (χ2n) is 11.5. The highest BCUT2D eigenvalue weighted by atomic mass is 16.5. The Morgan fingerprint density at radius 3 is 2.36 bits per heavy atom. The molecule has 1 unspecified atom stereocenters. The topological polar surface area (TPSA) is 79.3 Å². The summed E-state index contributed by atoms with van der Waals surface area (Å²) in [7, 11) is 0. The van der Waals surface area contributed by atoms with E-state index in [1.165, 1.54) is 0 Å². The molecular weight excluding hydrogens is 492 g/mol. The van der Waals surface area contributed by atoms with Crippen LogP contribution in [0.2, 0.25) is 0 Å². The van der Waals surface area contributed by atoms with Crippen LogP contribution in [0.25, 0.3) is 5.76 Å². The van der Waals surface area contributed by atoms with Gasteiger partial charge in [-0.1, -0.05) is 52.0 Å². The SMILES string of the molecule is CCCOc1ccc(/C(O)=C2\C(=O)C(=O)N(CCCN3CCOCC3)C2c2ccc(C(C)(C)C)cc2)c(C)c1. The van der Waals surface area contributed by atoms with E-state index >= 15 is 0 Å². The van der Waals surface area contributed by atoms with Crippen LogP contribution >= 0.6 is 0 Å². The zero-order valence-electron chi connectivity index (χ0n) is 24.0. The van der Waals surface area contributed by atoms with Crippen molar-refractivity contribution < 1.29 is 24.2 Å². The molecule has 7 heteroatoms. The zero-order chi connectivity index (χ0) is 28.2. The van der Waals surface area contributed by atoms with E-state index in [4.69, 9.17) is 9.47 Å². The van der Waals surface area contributed by atoms with Crippen molar-refractivity contribution in [3.8, 4) is 5.75 Å². The number of carbonyl (C=O) groups excluding carboxylic acids is 2. The van der Waals surface area contributed by atoms with E-state index in [9.17, 15) is 14.7 Å². The van der Waals surface area contributed by atoms with Crippen LogP contribution < -0.4 is 4.74 Å². The first-order chi connectivity index (χ1) is 18.6. The molecule has 1 atom stereocenters. The van der Waals surface area contributed by atoms with E-state index in [1.54, 1.807) is 17.0 Å². The maximum absolute atomic E-state index is 13.5. The van der Waals surface area contributed by atoms with Crippen molar-refractivity contribution in [3.63, 3.8) is 0 Å². The Kier molecular flexibility index (Phi) is 9.13. The van der Waals surface area contributed by atoms with Crippen LogP contribution in [-0.4, -0.2) is 72.6 Å². The standard InChI is InChI=1S/C32H42N2O5/c1-6-18-39-25-12-13-26(22(2)21-25)29(35)27-28(23-8-10-24(11-9-23)32(3,4)5)34(31(37)30(27)36)15-7-14-33-16-19-38-20-17-33/h8-13,21,28,35H,6-7,14-20H2,1-5H3/b29-27+. The number of hydrogen-bond acceptors (Lipinski definition) is 6. The molecule has 0 radical (unpaired) electrons. The summed E-state index contributed by atoms with van der Waals surface area (Å²) < 4.78 is 11.2. The van der Waals surface area contributed by atoms with Gasteiger partial charge < -0.3 is 19.5 Å².